The molecule has 1 heterocycles. The molecule has 0 saturated carbocycles. The Balaban J connectivity index is 0.00000364. The lowest BCUT2D eigenvalue weighted by atomic mass is 10.1. The van der Waals surface area contributed by atoms with Crippen LogP contribution >= 0.6 is 35.3 Å². The molecular formula is C16H20F4IN5S. The van der Waals surface area contributed by atoms with Crippen molar-refractivity contribution in [2.24, 2.45) is 4.99 Å². The zero-order valence-corrected chi connectivity index (χ0v) is 18.0. The van der Waals surface area contributed by atoms with Gasteiger partial charge in [0.25, 0.3) is 0 Å². The van der Waals surface area contributed by atoms with Gasteiger partial charge in [0.05, 0.1) is 17.8 Å². The molecule has 150 valence electrons. The van der Waals surface area contributed by atoms with Gasteiger partial charge in [-0.3, -0.25) is 4.99 Å². The van der Waals surface area contributed by atoms with Crippen molar-refractivity contribution < 1.29 is 17.6 Å². The fraction of sp³-hybridized carbons (Fsp3) is 0.375. The number of benzene rings is 1. The molecule has 0 fully saturated rings. The summed E-state index contributed by atoms with van der Waals surface area (Å²) in [5, 5.41) is 8.53. The van der Waals surface area contributed by atoms with Gasteiger partial charge in [-0.25, -0.2) is 9.37 Å². The molecule has 0 atom stereocenters. The van der Waals surface area contributed by atoms with E-state index in [1.165, 1.54) is 18.4 Å². The SMILES string of the molecule is CN=C(NCc1csc(N(C)C)n1)NCc1ccc(F)cc1C(F)(F)F.I. The Labute approximate surface area is 175 Å². The molecule has 0 aliphatic heterocycles. The van der Waals surface area contributed by atoms with E-state index in [0.717, 1.165) is 23.0 Å². The number of nitrogens with one attached hydrogen (secondary N) is 2. The van der Waals surface area contributed by atoms with Gasteiger partial charge >= 0.3 is 6.18 Å². The van der Waals surface area contributed by atoms with Crippen molar-refractivity contribution in [2.75, 3.05) is 26.0 Å². The van der Waals surface area contributed by atoms with Crippen molar-refractivity contribution in [3.05, 3.63) is 46.2 Å². The third-order valence-corrected chi connectivity index (χ3v) is 4.46. The van der Waals surface area contributed by atoms with Crippen LogP contribution in [-0.4, -0.2) is 32.1 Å². The molecule has 0 saturated heterocycles. The molecule has 27 heavy (non-hydrogen) atoms. The van der Waals surface area contributed by atoms with Gasteiger partial charge < -0.3 is 15.5 Å². The van der Waals surface area contributed by atoms with Crippen LogP contribution in [-0.2, 0) is 19.3 Å². The smallest absolute Gasteiger partial charge is 0.354 e. The average molecular weight is 517 g/mol. The number of rotatable bonds is 5. The van der Waals surface area contributed by atoms with Gasteiger partial charge in [0.15, 0.2) is 11.1 Å². The highest BCUT2D eigenvalue weighted by Crippen LogP contribution is 2.32. The maximum absolute atomic E-state index is 13.1. The molecule has 1 aromatic heterocycles. The molecule has 2 N–H and O–H groups in total. The number of halogens is 5. The van der Waals surface area contributed by atoms with Gasteiger partial charge in [0.2, 0.25) is 0 Å². The zero-order valence-electron chi connectivity index (χ0n) is 14.9. The summed E-state index contributed by atoms with van der Waals surface area (Å²) >= 11 is 1.49. The summed E-state index contributed by atoms with van der Waals surface area (Å²) in [7, 11) is 5.28. The monoisotopic (exact) mass is 517 g/mol. The highest BCUT2D eigenvalue weighted by atomic mass is 127. The van der Waals surface area contributed by atoms with Gasteiger partial charge in [-0.05, 0) is 17.7 Å². The predicted molar refractivity (Wildman–Crippen MR) is 110 cm³/mol. The number of nitrogens with zero attached hydrogens (tertiary/aromatic N) is 3. The van der Waals surface area contributed by atoms with Crippen LogP contribution in [0.5, 0.6) is 0 Å². The van der Waals surface area contributed by atoms with Gasteiger partial charge in [0.1, 0.15) is 5.82 Å². The first-order chi connectivity index (χ1) is 12.2. The molecule has 0 bridgehead atoms. The van der Waals surface area contributed by atoms with E-state index in [4.69, 9.17) is 0 Å². The van der Waals surface area contributed by atoms with Crippen LogP contribution in [0, 0.1) is 5.82 Å². The molecule has 1 aromatic carbocycles. The Morgan fingerprint density at radius 1 is 1.22 bits per heavy atom. The summed E-state index contributed by atoms with van der Waals surface area (Å²) in [6, 6.07) is 2.61. The fourth-order valence-corrected chi connectivity index (χ4v) is 2.88. The van der Waals surface area contributed by atoms with Crippen LogP contribution in [0.4, 0.5) is 22.7 Å². The Hall–Kier alpha value is -1.63. The normalized spacial score (nSPS) is 11.7. The maximum atomic E-state index is 13.1. The summed E-state index contributed by atoms with van der Waals surface area (Å²) in [5.41, 5.74) is -0.277. The number of hydrogen-bond donors (Lipinski definition) is 2. The molecule has 2 rings (SSSR count). The quantitative estimate of drug-likeness (QED) is 0.274. The summed E-state index contributed by atoms with van der Waals surface area (Å²) in [6.07, 6.45) is -4.63. The van der Waals surface area contributed by atoms with Crippen LogP contribution in [0.25, 0.3) is 0 Å². The number of aromatic nitrogens is 1. The highest BCUT2D eigenvalue weighted by molar-refractivity contribution is 14.0. The Morgan fingerprint density at radius 3 is 2.44 bits per heavy atom. The van der Waals surface area contributed by atoms with E-state index in [2.05, 4.69) is 20.6 Å². The number of guanidine groups is 1. The Morgan fingerprint density at radius 2 is 1.89 bits per heavy atom. The van der Waals surface area contributed by atoms with E-state index >= 15 is 0 Å². The molecule has 0 aliphatic carbocycles. The van der Waals surface area contributed by atoms with Gasteiger partial charge in [-0.1, -0.05) is 6.07 Å². The van der Waals surface area contributed by atoms with Crippen LogP contribution in [0.1, 0.15) is 16.8 Å². The average Bonchev–Trinajstić information content (AvgIpc) is 3.04. The third-order valence-electron chi connectivity index (χ3n) is 3.41. The standard InChI is InChI=1S/C16H19F4N5S.HI/c1-21-14(23-8-12-9-26-15(24-12)25(2)3)22-7-10-4-5-11(17)6-13(10)16(18,19)20;/h4-6,9H,7-8H2,1-3H3,(H2,21,22,23);1H. The lowest BCUT2D eigenvalue weighted by molar-refractivity contribution is -0.138. The highest BCUT2D eigenvalue weighted by Gasteiger charge is 2.33. The van der Waals surface area contributed by atoms with Crippen molar-refractivity contribution in [3.8, 4) is 0 Å². The van der Waals surface area contributed by atoms with Crippen LogP contribution in [0.2, 0.25) is 0 Å². The van der Waals surface area contributed by atoms with Crippen molar-refractivity contribution in [1.82, 2.24) is 15.6 Å². The van der Waals surface area contributed by atoms with Crippen LogP contribution in [0.15, 0.2) is 28.6 Å². The minimum Gasteiger partial charge on any atom is -0.354 e. The molecule has 0 radical (unpaired) electrons. The lowest BCUT2D eigenvalue weighted by Gasteiger charge is -2.15. The lowest BCUT2D eigenvalue weighted by Crippen LogP contribution is -2.36. The van der Waals surface area contributed by atoms with Gasteiger partial charge in [0, 0.05) is 33.1 Å². The minimum atomic E-state index is -4.63. The molecule has 0 amide bonds. The van der Waals surface area contributed by atoms with Crippen molar-refractivity contribution in [1.29, 1.82) is 0 Å². The summed E-state index contributed by atoms with van der Waals surface area (Å²) in [4.78, 5) is 10.3. The number of anilines is 1. The van der Waals surface area contributed by atoms with Gasteiger partial charge in [-0.2, -0.15) is 13.2 Å². The number of hydrogen-bond acceptors (Lipinski definition) is 4. The number of alkyl halides is 3. The van der Waals surface area contributed by atoms with Gasteiger partial charge in [-0.15, -0.1) is 35.3 Å². The van der Waals surface area contributed by atoms with E-state index < -0.39 is 17.6 Å². The molecule has 0 aliphatic rings. The Kier molecular flexibility index (Phi) is 8.72. The predicted octanol–water partition coefficient (Wildman–Crippen LogP) is 3.85. The third kappa shape index (κ3) is 6.79. The first kappa shape index (κ1) is 23.4. The van der Waals surface area contributed by atoms with Crippen molar-refractivity contribution in [3.63, 3.8) is 0 Å². The fourth-order valence-electron chi connectivity index (χ4n) is 2.12. The zero-order chi connectivity index (χ0) is 19.3. The Bertz CT molecular complexity index is 776. The number of aliphatic imine (C=N–C) groups is 1. The van der Waals surface area contributed by atoms with Crippen LogP contribution < -0.4 is 15.5 Å². The molecule has 2 aromatic rings. The first-order valence-electron chi connectivity index (χ1n) is 7.62. The van der Waals surface area contributed by atoms with Crippen LogP contribution in [0.3, 0.4) is 0 Å². The van der Waals surface area contributed by atoms with E-state index in [-0.39, 0.29) is 36.1 Å². The second-order valence-electron chi connectivity index (χ2n) is 5.59. The summed E-state index contributed by atoms with van der Waals surface area (Å²) < 4.78 is 52.2. The molecular weight excluding hydrogens is 497 g/mol. The second-order valence-corrected chi connectivity index (χ2v) is 6.43. The molecule has 0 unspecified atom stereocenters. The van der Waals surface area contributed by atoms with E-state index in [1.807, 2.05) is 24.4 Å². The van der Waals surface area contributed by atoms with Crippen molar-refractivity contribution in [2.45, 2.75) is 19.3 Å². The van der Waals surface area contributed by atoms with E-state index in [9.17, 15) is 17.6 Å². The number of thiazole rings is 1. The molecule has 0 spiro atoms. The summed E-state index contributed by atoms with van der Waals surface area (Å²) in [6.45, 7) is 0.231. The minimum absolute atomic E-state index is 0. The van der Waals surface area contributed by atoms with Crippen molar-refractivity contribution >= 4 is 46.4 Å². The molecule has 11 heteroatoms. The first-order valence-corrected chi connectivity index (χ1v) is 8.50. The van der Waals surface area contributed by atoms with E-state index in [1.54, 1.807) is 0 Å². The molecule has 5 nitrogen and oxygen atoms in total. The maximum Gasteiger partial charge on any atom is 0.416 e. The summed E-state index contributed by atoms with van der Waals surface area (Å²) in [5.74, 6) is -0.606. The second kappa shape index (κ2) is 10.1. The topological polar surface area (TPSA) is 52.6 Å². The van der Waals surface area contributed by atoms with E-state index in [0.29, 0.717) is 18.6 Å². The largest absolute Gasteiger partial charge is 0.416 e.